The minimum atomic E-state index is -0.478. The molecule has 1 aliphatic heterocycles. The molecule has 3 amide bonds. The molecular formula is C16H24ClFN4O2. The number of nitrogens with zero attached hydrogens (tertiary/aromatic N) is 1. The molecule has 8 heteroatoms. The van der Waals surface area contributed by atoms with Crippen LogP contribution in [0.4, 0.5) is 9.18 Å². The van der Waals surface area contributed by atoms with Crippen LogP contribution in [0, 0.1) is 5.82 Å². The Kier molecular flexibility index (Phi) is 8.67. The Hall–Kier alpha value is -1.70. The zero-order chi connectivity index (χ0) is 16.7. The number of nitrogens with one attached hydrogen (secondary N) is 3. The minimum Gasteiger partial charge on any atom is -0.338 e. The van der Waals surface area contributed by atoms with E-state index in [9.17, 15) is 14.0 Å². The van der Waals surface area contributed by atoms with Crippen molar-refractivity contribution < 1.29 is 14.0 Å². The number of amides is 3. The highest BCUT2D eigenvalue weighted by molar-refractivity contribution is 5.95. The van der Waals surface area contributed by atoms with Crippen LogP contribution in [0.15, 0.2) is 24.3 Å². The largest absolute Gasteiger partial charge is 0.338 e. The zero-order valence-corrected chi connectivity index (χ0v) is 14.5. The maximum absolute atomic E-state index is 13.4. The van der Waals surface area contributed by atoms with Gasteiger partial charge in [0, 0.05) is 32.2 Å². The van der Waals surface area contributed by atoms with Crippen molar-refractivity contribution in [1.29, 1.82) is 0 Å². The SMILES string of the molecule is CCCNC(=O)NC(=O)CN1CCNCC1c1cccc(F)c1.Cl. The van der Waals surface area contributed by atoms with Crippen molar-refractivity contribution in [3.63, 3.8) is 0 Å². The Morgan fingerprint density at radius 3 is 2.92 bits per heavy atom. The molecule has 1 aromatic carbocycles. The van der Waals surface area contributed by atoms with Crippen LogP contribution in [0.5, 0.6) is 0 Å². The zero-order valence-electron chi connectivity index (χ0n) is 13.7. The standard InChI is InChI=1S/C16H23FN4O2.ClH/c1-2-6-19-16(23)20-15(22)11-21-8-7-18-10-14(21)12-4-3-5-13(17)9-12;/h3-5,9,14,18H,2,6-8,10-11H2,1H3,(H2,19,20,22,23);1H. The maximum atomic E-state index is 13.4. The number of hydrogen-bond acceptors (Lipinski definition) is 4. The quantitative estimate of drug-likeness (QED) is 0.744. The summed E-state index contributed by atoms with van der Waals surface area (Å²) < 4.78 is 13.4. The second kappa shape index (κ2) is 10.2. The molecule has 0 saturated carbocycles. The fourth-order valence-electron chi connectivity index (χ4n) is 2.61. The minimum absolute atomic E-state index is 0. The van der Waals surface area contributed by atoms with Crippen LogP contribution in [0.3, 0.4) is 0 Å². The number of carbonyl (C=O) groups is 2. The molecule has 1 atom stereocenters. The molecule has 134 valence electrons. The lowest BCUT2D eigenvalue weighted by Gasteiger charge is -2.35. The first-order chi connectivity index (χ1) is 11.1. The van der Waals surface area contributed by atoms with Gasteiger partial charge in [0.2, 0.25) is 5.91 Å². The smallest absolute Gasteiger partial charge is 0.321 e. The molecule has 0 bridgehead atoms. The van der Waals surface area contributed by atoms with Crippen molar-refractivity contribution in [2.24, 2.45) is 0 Å². The van der Waals surface area contributed by atoms with Crippen molar-refractivity contribution in [3.8, 4) is 0 Å². The average molecular weight is 359 g/mol. The number of imide groups is 1. The van der Waals surface area contributed by atoms with Gasteiger partial charge in [0.05, 0.1) is 6.54 Å². The fraction of sp³-hybridized carbons (Fsp3) is 0.500. The summed E-state index contributed by atoms with van der Waals surface area (Å²) >= 11 is 0. The predicted molar refractivity (Wildman–Crippen MR) is 92.7 cm³/mol. The first-order valence-electron chi connectivity index (χ1n) is 7.88. The first kappa shape index (κ1) is 20.3. The Bertz CT molecular complexity index is 559. The fourth-order valence-corrected chi connectivity index (χ4v) is 2.61. The predicted octanol–water partition coefficient (Wildman–Crippen LogP) is 1.43. The molecule has 3 N–H and O–H groups in total. The van der Waals surface area contributed by atoms with E-state index in [-0.39, 0.29) is 36.7 Å². The molecule has 24 heavy (non-hydrogen) atoms. The van der Waals surface area contributed by atoms with Gasteiger partial charge in [-0.2, -0.15) is 0 Å². The Morgan fingerprint density at radius 1 is 1.42 bits per heavy atom. The maximum Gasteiger partial charge on any atom is 0.321 e. The lowest BCUT2D eigenvalue weighted by molar-refractivity contribution is -0.122. The van der Waals surface area contributed by atoms with Crippen LogP contribution in [0.25, 0.3) is 0 Å². The summed E-state index contributed by atoms with van der Waals surface area (Å²) in [7, 11) is 0. The average Bonchev–Trinajstić information content (AvgIpc) is 2.53. The molecule has 1 aromatic rings. The number of carbonyl (C=O) groups excluding carboxylic acids is 2. The number of rotatable bonds is 5. The molecule has 0 radical (unpaired) electrons. The highest BCUT2D eigenvalue weighted by atomic mass is 35.5. The monoisotopic (exact) mass is 358 g/mol. The van der Waals surface area contributed by atoms with Crippen molar-refractivity contribution in [1.82, 2.24) is 20.9 Å². The molecule has 2 rings (SSSR count). The van der Waals surface area contributed by atoms with Gasteiger partial charge in [-0.3, -0.25) is 15.0 Å². The summed E-state index contributed by atoms with van der Waals surface area (Å²) in [6, 6.07) is 5.82. The summed E-state index contributed by atoms with van der Waals surface area (Å²) in [5.41, 5.74) is 0.820. The summed E-state index contributed by atoms with van der Waals surface area (Å²) in [5.74, 6) is -0.654. The Balaban J connectivity index is 0.00000288. The van der Waals surface area contributed by atoms with Gasteiger partial charge in [-0.1, -0.05) is 19.1 Å². The Labute approximate surface area is 147 Å². The third-order valence-electron chi connectivity index (χ3n) is 3.72. The molecule has 6 nitrogen and oxygen atoms in total. The number of benzene rings is 1. The third-order valence-corrected chi connectivity index (χ3v) is 3.72. The molecule has 1 heterocycles. The van der Waals surface area contributed by atoms with E-state index in [4.69, 9.17) is 0 Å². The molecular weight excluding hydrogens is 335 g/mol. The van der Waals surface area contributed by atoms with Gasteiger partial charge in [0.25, 0.3) is 0 Å². The Morgan fingerprint density at radius 2 is 2.21 bits per heavy atom. The highest BCUT2D eigenvalue weighted by Crippen LogP contribution is 2.22. The summed E-state index contributed by atoms with van der Waals surface area (Å²) in [5, 5.41) is 8.17. The van der Waals surface area contributed by atoms with Crippen molar-refractivity contribution in [2.45, 2.75) is 19.4 Å². The van der Waals surface area contributed by atoms with E-state index in [1.165, 1.54) is 12.1 Å². The van der Waals surface area contributed by atoms with Crippen molar-refractivity contribution >= 4 is 24.3 Å². The molecule has 1 fully saturated rings. The van der Waals surface area contributed by atoms with Gasteiger partial charge in [-0.05, 0) is 24.1 Å². The van der Waals surface area contributed by atoms with Crippen LogP contribution in [0.1, 0.15) is 24.9 Å². The van der Waals surface area contributed by atoms with Crippen molar-refractivity contribution in [3.05, 3.63) is 35.6 Å². The molecule has 1 saturated heterocycles. The van der Waals surface area contributed by atoms with Gasteiger partial charge < -0.3 is 10.6 Å². The van der Waals surface area contributed by atoms with Gasteiger partial charge in [0.15, 0.2) is 0 Å². The molecule has 1 aliphatic rings. The van der Waals surface area contributed by atoms with Crippen LogP contribution in [-0.2, 0) is 4.79 Å². The molecule has 1 unspecified atom stereocenters. The van der Waals surface area contributed by atoms with Crippen LogP contribution >= 0.6 is 12.4 Å². The first-order valence-corrected chi connectivity index (χ1v) is 7.88. The van der Waals surface area contributed by atoms with Gasteiger partial charge >= 0.3 is 6.03 Å². The molecule has 0 aliphatic carbocycles. The second-order valence-corrected chi connectivity index (χ2v) is 5.55. The third kappa shape index (κ3) is 6.07. The van der Waals surface area contributed by atoms with E-state index in [0.717, 1.165) is 18.5 Å². The summed E-state index contributed by atoms with van der Waals surface area (Å²) in [4.78, 5) is 25.5. The molecule has 0 aromatic heterocycles. The number of piperazine rings is 1. The van der Waals surface area contributed by atoms with E-state index in [2.05, 4.69) is 16.0 Å². The van der Waals surface area contributed by atoms with Crippen LogP contribution in [-0.4, -0.2) is 49.6 Å². The lowest BCUT2D eigenvalue weighted by Crippen LogP contribution is -2.51. The van der Waals surface area contributed by atoms with Crippen LogP contribution < -0.4 is 16.0 Å². The second-order valence-electron chi connectivity index (χ2n) is 5.55. The van der Waals surface area contributed by atoms with E-state index < -0.39 is 6.03 Å². The highest BCUT2D eigenvalue weighted by Gasteiger charge is 2.26. The molecule has 0 spiro atoms. The van der Waals surface area contributed by atoms with E-state index in [0.29, 0.717) is 19.6 Å². The van der Waals surface area contributed by atoms with Gasteiger partial charge in [0.1, 0.15) is 5.82 Å². The van der Waals surface area contributed by atoms with E-state index in [1.54, 1.807) is 6.07 Å². The number of halogens is 2. The normalized spacial score (nSPS) is 17.7. The number of hydrogen-bond donors (Lipinski definition) is 3. The van der Waals surface area contributed by atoms with E-state index >= 15 is 0 Å². The number of urea groups is 1. The summed E-state index contributed by atoms with van der Waals surface area (Å²) in [6.45, 7) is 4.61. The van der Waals surface area contributed by atoms with Crippen molar-refractivity contribution in [2.75, 3.05) is 32.7 Å². The summed E-state index contributed by atoms with van der Waals surface area (Å²) in [6.07, 6.45) is 0.807. The van der Waals surface area contributed by atoms with Gasteiger partial charge in [-0.25, -0.2) is 9.18 Å². The van der Waals surface area contributed by atoms with Gasteiger partial charge in [-0.15, -0.1) is 12.4 Å². The lowest BCUT2D eigenvalue weighted by atomic mass is 10.0. The topological polar surface area (TPSA) is 73.5 Å². The van der Waals surface area contributed by atoms with E-state index in [1.807, 2.05) is 17.9 Å². The van der Waals surface area contributed by atoms with Crippen LogP contribution in [0.2, 0.25) is 0 Å².